The molecule has 1 atom stereocenters. The first-order valence-corrected chi connectivity index (χ1v) is 4.42. The van der Waals surface area contributed by atoms with E-state index in [4.69, 9.17) is 0 Å². The van der Waals surface area contributed by atoms with Crippen LogP contribution < -0.4 is 0 Å². The summed E-state index contributed by atoms with van der Waals surface area (Å²) < 4.78 is 0. The Morgan fingerprint density at radius 2 is 2.00 bits per heavy atom. The van der Waals surface area contributed by atoms with Gasteiger partial charge in [-0.3, -0.25) is 4.90 Å². The minimum Gasteiger partial charge on any atom is -0.290 e. The maximum absolute atomic E-state index is 3.16. The molecule has 0 N–H and O–H groups in total. The summed E-state index contributed by atoms with van der Waals surface area (Å²) in [5.41, 5.74) is 0. The molecule has 0 bridgehead atoms. The second-order valence-corrected chi connectivity index (χ2v) is 2.70. The van der Waals surface area contributed by atoms with Gasteiger partial charge in [0.05, 0.1) is 6.04 Å². The summed E-state index contributed by atoms with van der Waals surface area (Å²) in [6.45, 7) is 10.7. The van der Waals surface area contributed by atoms with E-state index in [0.717, 1.165) is 13.1 Å². The summed E-state index contributed by atoms with van der Waals surface area (Å²) >= 11 is 0. The van der Waals surface area contributed by atoms with Gasteiger partial charge in [-0.05, 0) is 33.4 Å². The highest BCUT2D eigenvalue weighted by Gasteiger charge is 2.06. The van der Waals surface area contributed by atoms with Crippen LogP contribution >= 0.6 is 0 Å². The monoisotopic (exact) mass is 153 g/mol. The van der Waals surface area contributed by atoms with E-state index in [0.29, 0.717) is 6.04 Å². The molecule has 0 aromatic heterocycles. The third kappa shape index (κ3) is 4.06. The lowest BCUT2D eigenvalue weighted by molar-refractivity contribution is 0.261. The molecule has 64 valence electrons. The van der Waals surface area contributed by atoms with Gasteiger partial charge >= 0.3 is 0 Å². The minimum atomic E-state index is 0.421. The van der Waals surface area contributed by atoms with E-state index in [1.54, 1.807) is 0 Å². The Morgan fingerprint density at radius 1 is 1.36 bits per heavy atom. The van der Waals surface area contributed by atoms with Gasteiger partial charge in [0.15, 0.2) is 0 Å². The van der Waals surface area contributed by atoms with Gasteiger partial charge in [0.1, 0.15) is 0 Å². The van der Waals surface area contributed by atoms with Crippen molar-refractivity contribution in [1.29, 1.82) is 0 Å². The maximum atomic E-state index is 3.16. The molecule has 0 saturated carbocycles. The molecule has 0 saturated heterocycles. The van der Waals surface area contributed by atoms with Gasteiger partial charge < -0.3 is 0 Å². The first kappa shape index (κ1) is 10.5. The number of nitrogens with zero attached hydrogens (tertiary/aromatic N) is 1. The van der Waals surface area contributed by atoms with Crippen LogP contribution in [-0.2, 0) is 0 Å². The first-order valence-electron chi connectivity index (χ1n) is 4.42. The molecule has 0 radical (unpaired) electrons. The SMILES string of the molecule is CC#CC(C)N(CC)CCC. The number of hydrogen-bond donors (Lipinski definition) is 0. The summed E-state index contributed by atoms with van der Waals surface area (Å²) in [6, 6.07) is 0.421. The van der Waals surface area contributed by atoms with Gasteiger partial charge in [-0.2, -0.15) is 0 Å². The predicted molar refractivity (Wildman–Crippen MR) is 50.5 cm³/mol. The summed E-state index contributed by atoms with van der Waals surface area (Å²) in [5, 5.41) is 0. The van der Waals surface area contributed by atoms with Crippen molar-refractivity contribution < 1.29 is 0 Å². The van der Waals surface area contributed by atoms with E-state index >= 15 is 0 Å². The lowest BCUT2D eigenvalue weighted by Crippen LogP contribution is -2.32. The smallest absolute Gasteiger partial charge is 0.0685 e. The Kier molecular flexibility index (Phi) is 5.97. The van der Waals surface area contributed by atoms with Crippen molar-refractivity contribution in [2.45, 2.75) is 40.2 Å². The van der Waals surface area contributed by atoms with Crippen molar-refractivity contribution in [3.8, 4) is 11.8 Å². The van der Waals surface area contributed by atoms with Crippen LogP contribution in [0, 0.1) is 11.8 Å². The van der Waals surface area contributed by atoms with Gasteiger partial charge in [-0.25, -0.2) is 0 Å². The third-order valence-corrected chi connectivity index (χ3v) is 1.82. The van der Waals surface area contributed by atoms with Gasteiger partial charge in [-0.15, -0.1) is 5.92 Å². The van der Waals surface area contributed by atoms with Crippen molar-refractivity contribution in [3.05, 3.63) is 0 Å². The van der Waals surface area contributed by atoms with E-state index < -0.39 is 0 Å². The average Bonchev–Trinajstić information content (AvgIpc) is 2.00. The highest BCUT2D eigenvalue weighted by Crippen LogP contribution is 1.97. The standard InChI is InChI=1S/C10H19N/c1-5-8-10(4)11(7-3)9-6-2/h10H,6-7,9H2,1-4H3. The zero-order valence-corrected chi connectivity index (χ0v) is 8.15. The minimum absolute atomic E-state index is 0.421. The predicted octanol–water partition coefficient (Wildman–Crippen LogP) is 2.13. The van der Waals surface area contributed by atoms with Gasteiger partial charge in [0.25, 0.3) is 0 Å². The lowest BCUT2D eigenvalue weighted by atomic mass is 10.2. The Morgan fingerprint density at radius 3 is 2.36 bits per heavy atom. The molecule has 0 fully saturated rings. The van der Waals surface area contributed by atoms with Crippen LogP contribution in [0.25, 0.3) is 0 Å². The van der Waals surface area contributed by atoms with Crippen molar-refractivity contribution >= 4 is 0 Å². The van der Waals surface area contributed by atoms with E-state index in [2.05, 4.69) is 37.5 Å². The van der Waals surface area contributed by atoms with Crippen LogP contribution in [0.2, 0.25) is 0 Å². The molecule has 0 aliphatic rings. The molecule has 0 heterocycles. The molecular weight excluding hydrogens is 134 g/mol. The number of hydrogen-bond acceptors (Lipinski definition) is 1. The maximum Gasteiger partial charge on any atom is 0.0685 e. The van der Waals surface area contributed by atoms with Crippen molar-refractivity contribution in [2.24, 2.45) is 0 Å². The van der Waals surface area contributed by atoms with Crippen LogP contribution in [-0.4, -0.2) is 24.0 Å². The van der Waals surface area contributed by atoms with Crippen LogP contribution in [0.3, 0.4) is 0 Å². The summed E-state index contributed by atoms with van der Waals surface area (Å²) in [4.78, 5) is 2.39. The van der Waals surface area contributed by atoms with Crippen LogP contribution in [0.4, 0.5) is 0 Å². The Labute approximate surface area is 70.8 Å². The average molecular weight is 153 g/mol. The Bertz CT molecular complexity index is 141. The van der Waals surface area contributed by atoms with Crippen LogP contribution in [0.5, 0.6) is 0 Å². The molecule has 0 spiro atoms. The van der Waals surface area contributed by atoms with E-state index in [1.165, 1.54) is 6.42 Å². The number of rotatable bonds is 4. The Balaban J connectivity index is 3.87. The zero-order chi connectivity index (χ0) is 8.69. The molecule has 0 aromatic rings. The summed E-state index contributed by atoms with van der Waals surface area (Å²) in [6.07, 6.45) is 1.21. The third-order valence-electron chi connectivity index (χ3n) is 1.82. The van der Waals surface area contributed by atoms with Crippen LogP contribution in [0.1, 0.15) is 34.1 Å². The normalized spacial score (nSPS) is 12.5. The molecular formula is C10H19N. The Hall–Kier alpha value is -0.480. The fourth-order valence-electron chi connectivity index (χ4n) is 1.21. The fourth-order valence-corrected chi connectivity index (χ4v) is 1.21. The fraction of sp³-hybridized carbons (Fsp3) is 0.800. The molecule has 0 amide bonds. The van der Waals surface area contributed by atoms with Gasteiger partial charge in [0, 0.05) is 0 Å². The molecule has 1 nitrogen and oxygen atoms in total. The first-order chi connectivity index (χ1) is 5.26. The topological polar surface area (TPSA) is 3.24 Å². The van der Waals surface area contributed by atoms with Crippen molar-refractivity contribution in [1.82, 2.24) is 4.90 Å². The molecule has 0 rings (SSSR count). The summed E-state index contributed by atoms with van der Waals surface area (Å²) in [5.74, 6) is 6.11. The van der Waals surface area contributed by atoms with E-state index in [1.807, 2.05) is 6.92 Å². The highest BCUT2D eigenvalue weighted by molar-refractivity contribution is 5.04. The molecule has 11 heavy (non-hydrogen) atoms. The second kappa shape index (κ2) is 6.24. The quantitative estimate of drug-likeness (QED) is 0.559. The molecule has 0 aromatic carbocycles. The van der Waals surface area contributed by atoms with Crippen molar-refractivity contribution in [3.63, 3.8) is 0 Å². The second-order valence-electron chi connectivity index (χ2n) is 2.70. The van der Waals surface area contributed by atoms with E-state index in [9.17, 15) is 0 Å². The largest absolute Gasteiger partial charge is 0.290 e. The highest BCUT2D eigenvalue weighted by atomic mass is 15.1. The van der Waals surface area contributed by atoms with E-state index in [-0.39, 0.29) is 0 Å². The van der Waals surface area contributed by atoms with Crippen molar-refractivity contribution in [2.75, 3.05) is 13.1 Å². The zero-order valence-electron chi connectivity index (χ0n) is 8.15. The van der Waals surface area contributed by atoms with Gasteiger partial charge in [0.2, 0.25) is 0 Å². The molecule has 0 aliphatic heterocycles. The summed E-state index contributed by atoms with van der Waals surface area (Å²) in [7, 11) is 0. The van der Waals surface area contributed by atoms with Gasteiger partial charge in [-0.1, -0.05) is 19.8 Å². The van der Waals surface area contributed by atoms with Crippen LogP contribution in [0.15, 0.2) is 0 Å². The molecule has 1 heteroatoms. The molecule has 1 unspecified atom stereocenters. The lowest BCUT2D eigenvalue weighted by Gasteiger charge is -2.22. The molecule has 0 aliphatic carbocycles.